The molecular weight excluding hydrogens is 339 g/mol. The Morgan fingerprint density at radius 2 is 1.87 bits per heavy atom. The number of rotatable bonds is 4. The van der Waals surface area contributed by atoms with Crippen molar-refractivity contribution in [2.45, 2.75) is 6.92 Å². The molecule has 1 aliphatic rings. The second-order valence-electron chi connectivity index (χ2n) is 5.27. The lowest BCUT2D eigenvalue weighted by molar-refractivity contribution is -0.117. The second kappa shape index (κ2) is 8.38. The zero-order valence-electron chi connectivity index (χ0n) is 12.9. The van der Waals surface area contributed by atoms with Gasteiger partial charge in [-0.05, 0) is 25.1 Å². The monoisotopic (exact) mass is 358 g/mol. The van der Waals surface area contributed by atoms with Gasteiger partial charge in [-0.15, -0.1) is 0 Å². The number of nitrogens with one attached hydrogen (secondary N) is 2. The van der Waals surface area contributed by atoms with Crippen molar-refractivity contribution in [1.82, 2.24) is 15.1 Å². The van der Waals surface area contributed by atoms with Gasteiger partial charge in [0.1, 0.15) is 0 Å². The third-order valence-corrected chi connectivity index (χ3v) is 4.11. The number of halogens is 2. The van der Waals surface area contributed by atoms with E-state index in [1.54, 1.807) is 23.1 Å². The largest absolute Gasteiger partial charge is 0.338 e. The first-order valence-corrected chi connectivity index (χ1v) is 8.25. The molecule has 1 aliphatic heterocycles. The molecule has 3 amide bonds. The Bertz CT molecular complexity index is 575. The van der Waals surface area contributed by atoms with Gasteiger partial charge in [-0.2, -0.15) is 0 Å². The molecule has 0 saturated carbocycles. The lowest BCUT2D eigenvalue weighted by Crippen LogP contribution is -2.53. The van der Waals surface area contributed by atoms with E-state index >= 15 is 0 Å². The van der Waals surface area contributed by atoms with Crippen LogP contribution in [0.15, 0.2) is 18.2 Å². The number of benzene rings is 1. The Labute approximate surface area is 145 Å². The number of carbonyl (C=O) groups is 2. The summed E-state index contributed by atoms with van der Waals surface area (Å²) in [5, 5.41) is 6.48. The normalized spacial score (nSPS) is 15.3. The molecule has 0 atom stereocenters. The molecule has 1 aromatic carbocycles. The predicted octanol–water partition coefficient (Wildman–Crippen LogP) is 2.28. The molecule has 1 saturated heterocycles. The summed E-state index contributed by atoms with van der Waals surface area (Å²) in [7, 11) is 0. The zero-order chi connectivity index (χ0) is 16.8. The average molecular weight is 359 g/mol. The first-order chi connectivity index (χ1) is 11.0. The van der Waals surface area contributed by atoms with Crippen molar-refractivity contribution in [3.05, 3.63) is 28.2 Å². The number of hydrogen-bond donors (Lipinski definition) is 2. The molecule has 6 nitrogen and oxygen atoms in total. The lowest BCUT2D eigenvalue weighted by Gasteiger charge is -2.34. The van der Waals surface area contributed by atoms with E-state index in [0.29, 0.717) is 48.5 Å². The van der Waals surface area contributed by atoms with Crippen molar-refractivity contribution in [3.63, 3.8) is 0 Å². The van der Waals surface area contributed by atoms with Gasteiger partial charge in [0.15, 0.2) is 0 Å². The van der Waals surface area contributed by atoms with Gasteiger partial charge >= 0.3 is 6.03 Å². The Morgan fingerprint density at radius 3 is 2.48 bits per heavy atom. The minimum absolute atomic E-state index is 0.0513. The van der Waals surface area contributed by atoms with Crippen LogP contribution in [0.25, 0.3) is 0 Å². The molecule has 23 heavy (non-hydrogen) atoms. The molecule has 0 bridgehead atoms. The third-order valence-electron chi connectivity index (χ3n) is 3.56. The van der Waals surface area contributed by atoms with Crippen molar-refractivity contribution in [2.24, 2.45) is 0 Å². The summed E-state index contributed by atoms with van der Waals surface area (Å²) in [6, 6.07) is 4.89. The maximum atomic E-state index is 12.1. The van der Waals surface area contributed by atoms with Crippen LogP contribution in [0.5, 0.6) is 0 Å². The van der Waals surface area contributed by atoms with Gasteiger partial charge in [-0.25, -0.2) is 4.79 Å². The number of piperazine rings is 1. The zero-order valence-corrected chi connectivity index (χ0v) is 14.5. The quantitative estimate of drug-likeness (QED) is 0.867. The maximum Gasteiger partial charge on any atom is 0.317 e. The molecule has 0 unspecified atom stereocenters. The summed E-state index contributed by atoms with van der Waals surface area (Å²) < 4.78 is 0. The lowest BCUT2D eigenvalue weighted by atomic mass is 10.3. The van der Waals surface area contributed by atoms with Crippen molar-refractivity contribution in [3.8, 4) is 0 Å². The molecule has 0 radical (unpaired) electrons. The van der Waals surface area contributed by atoms with Crippen molar-refractivity contribution < 1.29 is 9.59 Å². The summed E-state index contributed by atoms with van der Waals surface area (Å²) in [4.78, 5) is 27.6. The van der Waals surface area contributed by atoms with E-state index in [0.717, 1.165) is 0 Å². The fourth-order valence-electron chi connectivity index (χ4n) is 2.36. The Morgan fingerprint density at radius 1 is 1.17 bits per heavy atom. The van der Waals surface area contributed by atoms with Gasteiger partial charge in [-0.1, -0.05) is 23.2 Å². The van der Waals surface area contributed by atoms with Gasteiger partial charge in [0.25, 0.3) is 0 Å². The van der Waals surface area contributed by atoms with E-state index in [-0.39, 0.29) is 18.5 Å². The van der Waals surface area contributed by atoms with Gasteiger partial charge < -0.3 is 15.5 Å². The second-order valence-corrected chi connectivity index (χ2v) is 6.11. The topological polar surface area (TPSA) is 64.7 Å². The predicted molar refractivity (Wildman–Crippen MR) is 92.2 cm³/mol. The fourth-order valence-corrected chi connectivity index (χ4v) is 2.81. The van der Waals surface area contributed by atoms with E-state index in [9.17, 15) is 9.59 Å². The molecular formula is C15H20Cl2N4O2. The van der Waals surface area contributed by atoms with E-state index < -0.39 is 0 Å². The molecule has 2 N–H and O–H groups in total. The minimum atomic E-state index is -0.138. The van der Waals surface area contributed by atoms with Gasteiger partial charge in [0.2, 0.25) is 5.91 Å². The molecule has 1 heterocycles. The van der Waals surface area contributed by atoms with Gasteiger partial charge in [0, 0.05) is 37.7 Å². The first kappa shape index (κ1) is 17.8. The summed E-state index contributed by atoms with van der Waals surface area (Å²) in [5.74, 6) is -0.138. The smallest absolute Gasteiger partial charge is 0.317 e. The van der Waals surface area contributed by atoms with Gasteiger partial charge in [-0.3, -0.25) is 9.69 Å². The van der Waals surface area contributed by atoms with E-state index in [4.69, 9.17) is 23.2 Å². The SMILES string of the molecule is CCNC(=O)N1CCN(CC(=O)Nc2ccc(Cl)cc2Cl)CC1. The van der Waals surface area contributed by atoms with E-state index in [2.05, 4.69) is 10.6 Å². The van der Waals surface area contributed by atoms with Crippen molar-refractivity contribution in [1.29, 1.82) is 0 Å². The molecule has 0 aliphatic carbocycles. The summed E-state index contributed by atoms with van der Waals surface area (Å²) >= 11 is 11.9. The number of urea groups is 1. The standard InChI is InChI=1S/C15H20Cl2N4O2/c1-2-18-15(23)21-7-5-20(6-8-21)10-14(22)19-13-4-3-11(16)9-12(13)17/h3-4,9H,2,5-8,10H2,1H3,(H,18,23)(H,19,22). The third kappa shape index (κ3) is 5.27. The van der Waals surface area contributed by atoms with Crippen LogP contribution in [0, 0.1) is 0 Å². The van der Waals surface area contributed by atoms with Crippen LogP contribution in [0.2, 0.25) is 10.0 Å². The van der Waals surface area contributed by atoms with Crippen LogP contribution in [0.3, 0.4) is 0 Å². The average Bonchev–Trinajstić information content (AvgIpc) is 2.51. The highest BCUT2D eigenvalue weighted by molar-refractivity contribution is 6.36. The van der Waals surface area contributed by atoms with Crippen LogP contribution < -0.4 is 10.6 Å². The Kier molecular flexibility index (Phi) is 6.50. The molecule has 2 rings (SSSR count). The number of amides is 3. The summed E-state index contributed by atoms with van der Waals surface area (Å²) in [5.41, 5.74) is 0.544. The van der Waals surface area contributed by atoms with Crippen molar-refractivity contribution in [2.75, 3.05) is 44.6 Å². The van der Waals surface area contributed by atoms with Crippen LogP contribution in [0.1, 0.15) is 6.92 Å². The Hall–Kier alpha value is -1.50. The maximum absolute atomic E-state index is 12.1. The van der Waals surface area contributed by atoms with Crippen LogP contribution in [0.4, 0.5) is 10.5 Å². The first-order valence-electron chi connectivity index (χ1n) is 7.49. The molecule has 0 spiro atoms. The highest BCUT2D eigenvalue weighted by Crippen LogP contribution is 2.25. The molecule has 1 aromatic rings. The van der Waals surface area contributed by atoms with Crippen LogP contribution >= 0.6 is 23.2 Å². The van der Waals surface area contributed by atoms with Crippen LogP contribution in [-0.2, 0) is 4.79 Å². The summed E-state index contributed by atoms with van der Waals surface area (Å²) in [6.45, 7) is 5.32. The number of nitrogens with zero attached hydrogens (tertiary/aromatic N) is 2. The molecule has 0 aromatic heterocycles. The molecule has 1 fully saturated rings. The molecule has 8 heteroatoms. The molecule has 126 valence electrons. The highest BCUT2D eigenvalue weighted by atomic mass is 35.5. The van der Waals surface area contributed by atoms with Gasteiger partial charge in [0.05, 0.1) is 17.3 Å². The van der Waals surface area contributed by atoms with Crippen molar-refractivity contribution >= 4 is 40.8 Å². The Balaban J connectivity index is 1.79. The van der Waals surface area contributed by atoms with E-state index in [1.807, 2.05) is 11.8 Å². The number of carbonyl (C=O) groups excluding carboxylic acids is 2. The fraction of sp³-hybridized carbons (Fsp3) is 0.467. The van der Waals surface area contributed by atoms with E-state index in [1.165, 1.54) is 0 Å². The summed E-state index contributed by atoms with van der Waals surface area (Å²) in [6.07, 6.45) is 0. The number of hydrogen-bond acceptors (Lipinski definition) is 3. The highest BCUT2D eigenvalue weighted by Gasteiger charge is 2.22. The van der Waals surface area contributed by atoms with Crippen LogP contribution in [-0.4, -0.2) is 61.0 Å². The number of anilines is 1. The minimum Gasteiger partial charge on any atom is -0.338 e.